The summed E-state index contributed by atoms with van der Waals surface area (Å²) in [6.45, 7) is 5.45. The first-order valence-electron chi connectivity index (χ1n) is 6.11. The molecule has 18 heavy (non-hydrogen) atoms. The minimum atomic E-state index is -0.381. The van der Waals surface area contributed by atoms with Crippen LogP contribution in [0.2, 0.25) is 0 Å². The van der Waals surface area contributed by atoms with Gasteiger partial charge >= 0.3 is 0 Å². The highest BCUT2D eigenvalue weighted by Crippen LogP contribution is 2.05. The summed E-state index contributed by atoms with van der Waals surface area (Å²) in [6.07, 6.45) is 1.21. The lowest BCUT2D eigenvalue weighted by Crippen LogP contribution is -2.38. The Morgan fingerprint density at radius 1 is 1.50 bits per heavy atom. The predicted octanol–water partition coefficient (Wildman–Crippen LogP) is 0.883. The van der Waals surface area contributed by atoms with Crippen molar-refractivity contribution in [3.05, 3.63) is 33.2 Å². The molecule has 1 aromatic rings. The number of aryl methyl sites for hydroxylation is 2. The number of carbonyl (C=O) groups excluding carboxylic acids is 1. The summed E-state index contributed by atoms with van der Waals surface area (Å²) in [5.74, 6) is -0.381. The van der Waals surface area contributed by atoms with E-state index in [1.165, 1.54) is 0 Å². The summed E-state index contributed by atoms with van der Waals surface area (Å²) in [5, 5.41) is 11.6. The zero-order valence-corrected chi connectivity index (χ0v) is 11.0. The van der Waals surface area contributed by atoms with Gasteiger partial charge in [-0.2, -0.15) is 0 Å². The summed E-state index contributed by atoms with van der Waals surface area (Å²) in [4.78, 5) is 26.4. The number of aliphatic hydroxyl groups is 1. The van der Waals surface area contributed by atoms with E-state index in [-0.39, 0.29) is 29.7 Å². The standard InChI is InChI=1S/C13H20N2O3/c1-4-10(5-6-16)15-13(18)11-8(2)7-9(3)14-12(11)17/h7,10,16H,4-6H2,1-3H3,(H,14,17)(H,15,18). The number of aromatic nitrogens is 1. The molecule has 0 saturated carbocycles. The van der Waals surface area contributed by atoms with Crippen molar-refractivity contribution in [1.29, 1.82) is 0 Å². The van der Waals surface area contributed by atoms with Crippen LogP contribution in [0.1, 0.15) is 41.4 Å². The van der Waals surface area contributed by atoms with E-state index >= 15 is 0 Å². The zero-order chi connectivity index (χ0) is 13.7. The second-order valence-electron chi connectivity index (χ2n) is 4.43. The molecule has 100 valence electrons. The van der Waals surface area contributed by atoms with E-state index in [0.29, 0.717) is 12.0 Å². The highest BCUT2D eigenvalue weighted by Gasteiger charge is 2.17. The van der Waals surface area contributed by atoms with Crippen molar-refractivity contribution in [3.63, 3.8) is 0 Å². The van der Waals surface area contributed by atoms with Gasteiger partial charge in [-0.1, -0.05) is 6.92 Å². The van der Waals surface area contributed by atoms with Gasteiger partial charge in [-0.15, -0.1) is 0 Å². The van der Waals surface area contributed by atoms with Crippen molar-refractivity contribution in [1.82, 2.24) is 10.3 Å². The van der Waals surface area contributed by atoms with Crippen LogP contribution in [0.15, 0.2) is 10.9 Å². The first-order chi connectivity index (χ1) is 8.49. The largest absolute Gasteiger partial charge is 0.396 e. The Bertz CT molecular complexity index is 480. The van der Waals surface area contributed by atoms with E-state index in [4.69, 9.17) is 5.11 Å². The third kappa shape index (κ3) is 3.43. The molecular formula is C13H20N2O3. The van der Waals surface area contributed by atoms with Crippen LogP contribution in [0.4, 0.5) is 0 Å². The van der Waals surface area contributed by atoms with E-state index in [2.05, 4.69) is 10.3 Å². The van der Waals surface area contributed by atoms with E-state index < -0.39 is 0 Å². The summed E-state index contributed by atoms with van der Waals surface area (Å²) < 4.78 is 0. The van der Waals surface area contributed by atoms with Crippen LogP contribution in [0, 0.1) is 13.8 Å². The van der Waals surface area contributed by atoms with Crippen LogP contribution in [0.25, 0.3) is 0 Å². The lowest BCUT2D eigenvalue weighted by Gasteiger charge is -2.16. The molecule has 0 aliphatic rings. The molecule has 3 N–H and O–H groups in total. The Morgan fingerprint density at radius 3 is 2.67 bits per heavy atom. The van der Waals surface area contributed by atoms with Gasteiger partial charge in [-0.3, -0.25) is 9.59 Å². The first kappa shape index (κ1) is 14.4. The molecule has 0 fully saturated rings. The molecule has 0 aliphatic carbocycles. The van der Waals surface area contributed by atoms with Crippen LogP contribution >= 0.6 is 0 Å². The summed E-state index contributed by atoms with van der Waals surface area (Å²) in [6, 6.07) is 1.66. The molecule has 1 atom stereocenters. The van der Waals surface area contributed by atoms with Crippen molar-refractivity contribution in [3.8, 4) is 0 Å². The molecular weight excluding hydrogens is 232 g/mol. The lowest BCUT2D eigenvalue weighted by atomic mass is 10.1. The molecule has 1 heterocycles. The van der Waals surface area contributed by atoms with Gasteiger partial charge in [0.25, 0.3) is 11.5 Å². The van der Waals surface area contributed by atoms with Crippen molar-refractivity contribution in [2.75, 3.05) is 6.61 Å². The molecule has 1 unspecified atom stereocenters. The molecule has 1 aromatic heterocycles. The van der Waals surface area contributed by atoms with Gasteiger partial charge < -0.3 is 15.4 Å². The number of pyridine rings is 1. The predicted molar refractivity (Wildman–Crippen MR) is 69.8 cm³/mol. The first-order valence-corrected chi connectivity index (χ1v) is 6.11. The van der Waals surface area contributed by atoms with E-state index in [9.17, 15) is 9.59 Å². The minimum Gasteiger partial charge on any atom is -0.396 e. The number of H-pyrrole nitrogens is 1. The maximum atomic E-state index is 12.0. The summed E-state index contributed by atoms with van der Waals surface area (Å²) in [5.41, 5.74) is 1.17. The normalized spacial score (nSPS) is 12.2. The van der Waals surface area contributed by atoms with Crippen LogP contribution in [0.5, 0.6) is 0 Å². The fraction of sp³-hybridized carbons (Fsp3) is 0.538. The Labute approximate surface area is 106 Å². The second kappa shape index (κ2) is 6.35. The average molecular weight is 252 g/mol. The molecule has 5 heteroatoms. The number of rotatable bonds is 5. The topological polar surface area (TPSA) is 82.2 Å². The van der Waals surface area contributed by atoms with Gasteiger partial charge in [-0.05, 0) is 38.3 Å². The number of hydrogen-bond acceptors (Lipinski definition) is 3. The highest BCUT2D eigenvalue weighted by molar-refractivity contribution is 5.95. The molecule has 0 spiro atoms. The summed E-state index contributed by atoms with van der Waals surface area (Å²) in [7, 11) is 0. The van der Waals surface area contributed by atoms with Crippen molar-refractivity contribution in [2.24, 2.45) is 0 Å². The highest BCUT2D eigenvalue weighted by atomic mass is 16.3. The van der Waals surface area contributed by atoms with E-state index in [1.807, 2.05) is 6.92 Å². The Morgan fingerprint density at radius 2 is 2.17 bits per heavy atom. The van der Waals surface area contributed by atoms with Crippen LogP contribution < -0.4 is 10.9 Å². The fourth-order valence-corrected chi connectivity index (χ4v) is 1.93. The summed E-state index contributed by atoms with van der Waals surface area (Å²) >= 11 is 0. The SMILES string of the molecule is CCC(CCO)NC(=O)c1c(C)cc(C)[nH]c1=O. The molecule has 0 aromatic carbocycles. The quantitative estimate of drug-likeness (QED) is 0.727. The number of carbonyl (C=O) groups is 1. The number of aliphatic hydroxyl groups excluding tert-OH is 1. The molecule has 0 radical (unpaired) electrons. The van der Waals surface area contributed by atoms with Crippen molar-refractivity contribution < 1.29 is 9.90 Å². The number of hydrogen-bond donors (Lipinski definition) is 3. The molecule has 5 nitrogen and oxygen atoms in total. The molecule has 0 aliphatic heterocycles. The second-order valence-corrected chi connectivity index (χ2v) is 4.43. The van der Waals surface area contributed by atoms with Crippen LogP contribution in [-0.2, 0) is 0 Å². The Balaban J connectivity index is 2.94. The third-order valence-corrected chi connectivity index (χ3v) is 2.90. The van der Waals surface area contributed by atoms with E-state index in [0.717, 1.165) is 12.1 Å². The lowest BCUT2D eigenvalue weighted by molar-refractivity contribution is 0.0927. The number of nitrogens with one attached hydrogen (secondary N) is 2. The Hall–Kier alpha value is -1.62. The number of amides is 1. The molecule has 0 bridgehead atoms. The van der Waals surface area contributed by atoms with Gasteiger partial charge in [0, 0.05) is 18.3 Å². The number of aromatic amines is 1. The molecule has 0 saturated heterocycles. The third-order valence-electron chi connectivity index (χ3n) is 2.90. The minimum absolute atomic E-state index is 0.0159. The van der Waals surface area contributed by atoms with Gasteiger partial charge in [0.05, 0.1) is 0 Å². The van der Waals surface area contributed by atoms with Crippen molar-refractivity contribution in [2.45, 2.75) is 39.7 Å². The molecule has 1 rings (SSSR count). The van der Waals surface area contributed by atoms with Gasteiger partial charge in [0.1, 0.15) is 5.56 Å². The molecule has 1 amide bonds. The monoisotopic (exact) mass is 252 g/mol. The van der Waals surface area contributed by atoms with Crippen LogP contribution in [-0.4, -0.2) is 28.6 Å². The van der Waals surface area contributed by atoms with Gasteiger partial charge in [0.15, 0.2) is 0 Å². The maximum absolute atomic E-state index is 12.0. The smallest absolute Gasteiger partial charge is 0.261 e. The fourth-order valence-electron chi connectivity index (χ4n) is 1.93. The maximum Gasteiger partial charge on any atom is 0.261 e. The average Bonchev–Trinajstić information content (AvgIpc) is 2.26. The van der Waals surface area contributed by atoms with E-state index in [1.54, 1.807) is 19.9 Å². The van der Waals surface area contributed by atoms with Gasteiger partial charge in [0.2, 0.25) is 0 Å². The zero-order valence-electron chi connectivity index (χ0n) is 11.0. The van der Waals surface area contributed by atoms with Gasteiger partial charge in [-0.25, -0.2) is 0 Å². The van der Waals surface area contributed by atoms with Crippen molar-refractivity contribution >= 4 is 5.91 Å². The Kier molecular flexibility index (Phi) is 5.09. The van der Waals surface area contributed by atoms with Crippen LogP contribution in [0.3, 0.4) is 0 Å².